The number of imide groups is 1. The second kappa shape index (κ2) is 6.53. The molecule has 0 N–H and O–H groups in total. The van der Waals surface area contributed by atoms with Gasteiger partial charge in [-0.2, -0.15) is 0 Å². The maximum absolute atomic E-state index is 12.8. The molecule has 1 aliphatic heterocycles. The normalized spacial score (nSPS) is 12.9. The molecule has 0 bridgehead atoms. The van der Waals surface area contributed by atoms with E-state index >= 15 is 0 Å². The summed E-state index contributed by atoms with van der Waals surface area (Å²) in [7, 11) is 1.54. The first-order chi connectivity index (χ1) is 13.1. The van der Waals surface area contributed by atoms with Gasteiger partial charge in [-0.25, -0.2) is 4.90 Å². The van der Waals surface area contributed by atoms with Gasteiger partial charge in [0.2, 0.25) is 0 Å². The predicted molar refractivity (Wildman–Crippen MR) is 100 cm³/mol. The summed E-state index contributed by atoms with van der Waals surface area (Å²) in [5, 5.41) is 0. The van der Waals surface area contributed by atoms with E-state index in [2.05, 4.69) is 0 Å². The summed E-state index contributed by atoms with van der Waals surface area (Å²) in [6.45, 7) is 0. The number of methoxy groups -OCH3 is 1. The number of carbonyl (C=O) groups is 3. The average molecular weight is 357 g/mol. The zero-order valence-corrected chi connectivity index (χ0v) is 14.5. The predicted octanol–water partition coefficient (Wildman–Crippen LogP) is 3.73. The lowest BCUT2D eigenvalue weighted by molar-refractivity contribution is 0.0925. The molecular weight excluding hydrogens is 342 g/mol. The highest BCUT2D eigenvalue weighted by atomic mass is 16.5. The first kappa shape index (κ1) is 16.7. The Kier molecular flexibility index (Phi) is 4.05. The van der Waals surface area contributed by atoms with Crippen molar-refractivity contribution in [2.24, 2.45) is 0 Å². The second-order valence-corrected chi connectivity index (χ2v) is 6.10. The maximum Gasteiger partial charge on any atom is 0.266 e. The molecule has 132 valence electrons. The number of nitrogens with zero attached hydrogens (tertiary/aromatic N) is 1. The SMILES string of the molecule is COc1ccc(N2C(=O)c3ccc(C(=O)c4ccccc4)cc3C2=O)cc1. The number of carbonyl (C=O) groups excluding carboxylic acids is 3. The topological polar surface area (TPSA) is 63.7 Å². The van der Waals surface area contributed by atoms with Gasteiger partial charge in [-0.05, 0) is 36.4 Å². The first-order valence-electron chi connectivity index (χ1n) is 8.37. The zero-order chi connectivity index (χ0) is 19.0. The molecule has 0 saturated heterocycles. The van der Waals surface area contributed by atoms with E-state index in [0.29, 0.717) is 28.1 Å². The van der Waals surface area contributed by atoms with Crippen LogP contribution in [0.1, 0.15) is 36.6 Å². The molecule has 0 saturated carbocycles. The summed E-state index contributed by atoms with van der Waals surface area (Å²) in [6, 6.07) is 20.1. The van der Waals surface area contributed by atoms with Crippen LogP contribution in [0.25, 0.3) is 0 Å². The summed E-state index contributed by atoms with van der Waals surface area (Å²) in [5.74, 6) is -0.408. The quantitative estimate of drug-likeness (QED) is 0.527. The lowest BCUT2D eigenvalue weighted by atomic mass is 9.99. The van der Waals surface area contributed by atoms with Gasteiger partial charge in [-0.1, -0.05) is 36.4 Å². The minimum Gasteiger partial charge on any atom is -0.497 e. The molecule has 5 nitrogen and oxygen atoms in total. The van der Waals surface area contributed by atoms with Crippen LogP contribution in [0.15, 0.2) is 72.8 Å². The highest BCUT2D eigenvalue weighted by Crippen LogP contribution is 2.30. The second-order valence-electron chi connectivity index (χ2n) is 6.10. The number of rotatable bonds is 4. The number of ether oxygens (including phenoxy) is 1. The van der Waals surface area contributed by atoms with E-state index in [1.54, 1.807) is 61.7 Å². The Morgan fingerprint density at radius 3 is 2.11 bits per heavy atom. The minimum absolute atomic E-state index is 0.193. The van der Waals surface area contributed by atoms with Crippen LogP contribution in [0.2, 0.25) is 0 Å². The molecule has 3 aromatic rings. The van der Waals surface area contributed by atoms with Crippen molar-refractivity contribution in [3.05, 3.63) is 95.1 Å². The lowest BCUT2D eigenvalue weighted by Crippen LogP contribution is -2.29. The largest absolute Gasteiger partial charge is 0.497 e. The monoisotopic (exact) mass is 357 g/mol. The Labute approximate surface area is 155 Å². The fourth-order valence-corrected chi connectivity index (χ4v) is 3.10. The van der Waals surface area contributed by atoms with Gasteiger partial charge in [0.25, 0.3) is 11.8 Å². The van der Waals surface area contributed by atoms with Crippen LogP contribution in [0.4, 0.5) is 5.69 Å². The Morgan fingerprint density at radius 1 is 0.778 bits per heavy atom. The molecule has 0 aromatic heterocycles. The summed E-state index contributed by atoms with van der Waals surface area (Å²) >= 11 is 0. The zero-order valence-electron chi connectivity index (χ0n) is 14.5. The number of hydrogen-bond acceptors (Lipinski definition) is 4. The van der Waals surface area contributed by atoms with Crippen LogP contribution in [0.5, 0.6) is 5.75 Å². The van der Waals surface area contributed by atoms with Crippen LogP contribution in [-0.4, -0.2) is 24.7 Å². The van der Waals surface area contributed by atoms with Crippen molar-refractivity contribution >= 4 is 23.3 Å². The molecule has 2 amide bonds. The highest BCUT2D eigenvalue weighted by molar-refractivity contribution is 6.34. The maximum atomic E-state index is 12.8. The van der Waals surface area contributed by atoms with Crippen LogP contribution in [0, 0.1) is 0 Å². The van der Waals surface area contributed by atoms with E-state index in [9.17, 15) is 14.4 Å². The lowest BCUT2D eigenvalue weighted by Gasteiger charge is -2.14. The van der Waals surface area contributed by atoms with Crippen molar-refractivity contribution in [3.8, 4) is 5.75 Å². The highest BCUT2D eigenvalue weighted by Gasteiger charge is 2.37. The fraction of sp³-hybridized carbons (Fsp3) is 0.0455. The third-order valence-electron chi connectivity index (χ3n) is 4.52. The Morgan fingerprint density at radius 2 is 1.44 bits per heavy atom. The van der Waals surface area contributed by atoms with Crippen molar-refractivity contribution in [3.63, 3.8) is 0 Å². The van der Waals surface area contributed by atoms with Crippen molar-refractivity contribution in [1.29, 1.82) is 0 Å². The smallest absolute Gasteiger partial charge is 0.266 e. The van der Waals surface area contributed by atoms with Crippen LogP contribution < -0.4 is 9.64 Å². The fourth-order valence-electron chi connectivity index (χ4n) is 3.10. The number of anilines is 1. The molecule has 0 aliphatic carbocycles. The Hall–Kier alpha value is -3.73. The molecule has 0 fully saturated rings. The third kappa shape index (κ3) is 2.79. The van der Waals surface area contributed by atoms with Crippen molar-refractivity contribution in [2.45, 2.75) is 0 Å². The Balaban J connectivity index is 1.70. The minimum atomic E-state index is -0.442. The molecule has 0 spiro atoms. The van der Waals surface area contributed by atoms with E-state index in [4.69, 9.17) is 4.74 Å². The molecule has 27 heavy (non-hydrogen) atoms. The molecule has 4 rings (SSSR count). The molecule has 3 aromatic carbocycles. The summed E-state index contributed by atoms with van der Waals surface area (Å²) < 4.78 is 5.11. The van der Waals surface area contributed by atoms with Gasteiger partial charge >= 0.3 is 0 Å². The van der Waals surface area contributed by atoms with E-state index in [0.717, 1.165) is 4.90 Å². The van der Waals surface area contributed by atoms with Gasteiger partial charge in [-0.15, -0.1) is 0 Å². The summed E-state index contributed by atoms with van der Waals surface area (Å²) in [4.78, 5) is 39.3. The number of amides is 2. The molecular formula is C22H15NO4. The van der Waals surface area contributed by atoms with Crippen LogP contribution >= 0.6 is 0 Å². The van der Waals surface area contributed by atoms with E-state index in [-0.39, 0.29) is 11.3 Å². The molecule has 0 unspecified atom stereocenters. The van der Waals surface area contributed by atoms with Gasteiger partial charge < -0.3 is 4.74 Å². The summed E-state index contributed by atoms with van der Waals surface area (Å²) in [5.41, 5.74) is 1.88. The molecule has 1 aliphatic rings. The van der Waals surface area contributed by atoms with Crippen LogP contribution in [0.3, 0.4) is 0 Å². The van der Waals surface area contributed by atoms with Gasteiger partial charge in [0.15, 0.2) is 5.78 Å². The molecule has 0 radical (unpaired) electrons. The number of fused-ring (bicyclic) bond motifs is 1. The number of ketones is 1. The van der Waals surface area contributed by atoms with Gasteiger partial charge in [0, 0.05) is 11.1 Å². The number of benzene rings is 3. The Bertz CT molecular complexity index is 1060. The van der Waals surface area contributed by atoms with Crippen LogP contribution in [-0.2, 0) is 0 Å². The van der Waals surface area contributed by atoms with E-state index in [1.165, 1.54) is 12.1 Å². The van der Waals surface area contributed by atoms with Gasteiger partial charge in [-0.3, -0.25) is 14.4 Å². The van der Waals surface area contributed by atoms with Crippen molar-refractivity contribution in [1.82, 2.24) is 0 Å². The van der Waals surface area contributed by atoms with Gasteiger partial charge in [0.1, 0.15) is 5.75 Å². The van der Waals surface area contributed by atoms with Crippen molar-refractivity contribution < 1.29 is 19.1 Å². The van der Waals surface area contributed by atoms with Crippen molar-refractivity contribution in [2.75, 3.05) is 12.0 Å². The standard InChI is InChI=1S/C22H15NO4/c1-27-17-10-8-16(9-11-17)23-21(25)18-12-7-15(13-19(18)22(23)26)20(24)14-5-3-2-4-6-14/h2-13H,1H3. The summed E-state index contributed by atoms with van der Waals surface area (Å²) in [6.07, 6.45) is 0. The average Bonchev–Trinajstić information content (AvgIpc) is 2.98. The van der Waals surface area contributed by atoms with E-state index < -0.39 is 11.8 Å². The third-order valence-corrected chi connectivity index (χ3v) is 4.52. The first-order valence-corrected chi connectivity index (χ1v) is 8.37. The molecule has 1 heterocycles. The number of hydrogen-bond donors (Lipinski definition) is 0. The van der Waals surface area contributed by atoms with Gasteiger partial charge in [0.05, 0.1) is 23.9 Å². The van der Waals surface area contributed by atoms with E-state index in [1.807, 2.05) is 6.07 Å². The molecule has 5 heteroatoms. The molecule has 0 atom stereocenters.